The van der Waals surface area contributed by atoms with Gasteiger partial charge in [0.25, 0.3) is 0 Å². The predicted molar refractivity (Wildman–Crippen MR) is 77.9 cm³/mol. The van der Waals surface area contributed by atoms with Gasteiger partial charge in [0, 0.05) is 17.5 Å². The number of hydrogen-bond donors (Lipinski definition) is 1. The summed E-state index contributed by atoms with van der Waals surface area (Å²) in [4.78, 5) is 27.7. The van der Waals surface area contributed by atoms with Crippen LogP contribution in [0.1, 0.15) is 19.5 Å². The Labute approximate surface area is 122 Å². The highest BCUT2D eigenvalue weighted by Gasteiger charge is 2.25. The lowest BCUT2D eigenvalue weighted by atomic mass is 9.98. The molecule has 110 valence electrons. The van der Waals surface area contributed by atoms with E-state index in [1.165, 1.54) is 6.92 Å². The standard InChI is InChI=1S/C16H17NO4/c1-3-21-16(20)13(10(2)18)9-12-8-7-11-5-4-6-14(19)15(11)17-12/h4-8,13,19H,3,9H2,1-2H3. The van der Waals surface area contributed by atoms with E-state index in [4.69, 9.17) is 4.74 Å². The Bertz CT molecular complexity index is 681. The molecule has 0 fully saturated rings. The Kier molecular flexibility index (Phi) is 4.52. The maximum Gasteiger partial charge on any atom is 0.316 e. The number of para-hydroxylation sites is 1. The molecule has 5 nitrogen and oxygen atoms in total. The van der Waals surface area contributed by atoms with Crippen molar-refractivity contribution in [1.29, 1.82) is 0 Å². The van der Waals surface area contributed by atoms with E-state index in [9.17, 15) is 14.7 Å². The van der Waals surface area contributed by atoms with Crippen LogP contribution in [0.5, 0.6) is 5.75 Å². The fourth-order valence-corrected chi connectivity index (χ4v) is 2.13. The molecule has 1 aromatic heterocycles. The van der Waals surface area contributed by atoms with E-state index in [1.807, 2.05) is 6.07 Å². The number of carbonyl (C=O) groups is 2. The fourth-order valence-electron chi connectivity index (χ4n) is 2.13. The molecule has 1 atom stereocenters. The summed E-state index contributed by atoms with van der Waals surface area (Å²) in [5.74, 6) is -1.58. The Morgan fingerprint density at radius 3 is 2.71 bits per heavy atom. The van der Waals surface area contributed by atoms with Gasteiger partial charge in [-0.1, -0.05) is 18.2 Å². The van der Waals surface area contributed by atoms with Crippen molar-refractivity contribution in [3.05, 3.63) is 36.0 Å². The number of Topliss-reactive ketones (excluding diaryl/α,β-unsaturated/α-hetero) is 1. The van der Waals surface area contributed by atoms with Gasteiger partial charge in [0.1, 0.15) is 23.0 Å². The van der Waals surface area contributed by atoms with Gasteiger partial charge < -0.3 is 9.84 Å². The van der Waals surface area contributed by atoms with Crippen LogP contribution in [0.2, 0.25) is 0 Å². The first-order valence-electron chi connectivity index (χ1n) is 6.77. The largest absolute Gasteiger partial charge is 0.506 e. The highest BCUT2D eigenvalue weighted by Crippen LogP contribution is 2.23. The van der Waals surface area contributed by atoms with E-state index < -0.39 is 11.9 Å². The number of aromatic hydroxyl groups is 1. The Balaban J connectivity index is 2.31. The first-order chi connectivity index (χ1) is 10.0. The number of rotatable bonds is 5. The van der Waals surface area contributed by atoms with Crippen molar-refractivity contribution in [3.8, 4) is 5.75 Å². The van der Waals surface area contributed by atoms with Crippen LogP contribution in [-0.4, -0.2) is 28.4 Å². The molecule has 0 saturated carbocycles. The molecule has 1 N–H and O–H groups in total. The van der Waals surface area contributed by atoms with Gasteiger partial charge in [0.2, 0.25) is 0 Å². The molecule has 1 aromatic carbocycles. The monoisotopic (exact) mass is 287 g/mol. The maximum absolute atomic E-state index is 11.8. The number of benzene rings is 1. The summed E-state index contributed by atoms with van der Waals surface area (Å²) in [6.45, 7) is 3.29. The Morgan fingerprint density at radius 2 is 2.05 bits per heavy atom. The second kappa shape index (κ2) is 6.35. The van der Waals surface area contributed by atoms with Gasteiger partial charge in [-0.15, -0.1) is 0 Å². The highest BCUT2D eigenvalue weighted by atomic mass is 16.5. The van der Waals surface area contributed by atoms with E-state index >= 15 is 0 Å². The molecule has 21 heavy (non-hydrogen) atoms. The molecule has 0 aliphatic carbocycles. The van der Waals surface area contributed by atoms with Crippen molar-refractivity contribution in [3.63, 3.8) is 0 Å². The molecular weight excluding hydrogens is 270 g/mol. The third-order valence-corrected chi connectivity index (χ3v) is 3.23. The van der Waals surface area contributed by atoms with Gasteiger partial charge in [-0.05, 0) is 26.0 Å². The number of fused-ring (bicyclic) bond motifs is 1. The summed E-state index contributed by atoms with van der Waals surface area (Å²) in [6.07, 6.45) is 0.165. The van der Waals surface area contributed by atoms with Gasteiger partial charge in [0.05, 0.1) is 6.61 Å². The smallest absolute Gasteiger partial charge is 0.316 e. The normalized spacial score (nSPS) is 12.1. The lowest BCUT2D eigenvalue weighted by Gasteiger charge is -2.12. The second-order valence-corrected chi connectivity index (χ2v) is 4.77. The van der Waals surface area contributed by atoms with Crippen LogP contribution in [0.15, 0.2) is 30.3 Å². The topological polar surface area (TPSA) is 76.5 Å². The van der Waals surface area contributed by atoms with Crippen molar-refractivity contribution in [1.82, 2.24) is 4.98 Å². The van der Waals surface area contributed by atoms with Crippen LogP contribution in [-0.2, 0) is 20.7 Å². The average molecular weight is 287 g/mol. The highest BCUT2D eigenvalue weighted by molar-refractivity contribution is 5.98. The van der Waals surface area contributed by atoms with Gasteiger partial charge in [-0.2, -0.15) is 0 Å². The summed E-state index contributed by atoms with van der Waals surface area (Å²) < 4.78 is 4.91. The van der Waals surface area contributed by atoms with E-state index in [0.717, 1.165) is 5.39 Å². The number of pyridine rings is 1. The number of phenols is 1. The molecule has 0 bridgehead atoms. The minimum atomic E-state index is -0.860. The summed E-state index contributed by atoms with van der Waals surface area (Å²) in [5.41, 5.74) is 1.03. The van der Waals surface area contributed by atoms with Gasteiger partial charge in [-0.3, -0.25) is 9.59 Å². The molecule has 5 heteroatoms. The summed E-state index contributed by atoms with van der Waals surface area (Å²) in [6, 6.07) is 8.67. The SMILES string of the molecule is CCOC(=O)C(Cc1ccc2cccc(O)c2n1)C(C)=O. The van der Waals surface area contributed by atoms with Gasteiger partial charge in [0.15, 0.2) is 0 Å². The predicted octanol–water partition coefficient (Wildman–Crippen LogP) is 2.25. The van der Waals surface area contributed by atoms with Crippen LogP contribution in [0.4, 0.5) is 0 Å². The number of carbonyl (C=O) groups excluding carboxylic acids is 2. The summed E-state index contributed by atoms with van der Waals surface area (Å²) >= 11 is 0. The lowest BCUT2D eigenvalue weighted by Crippen LogP contribution is -2.26. The number of ketones is 1. The van der Waals surface area contributed by atoms with Crippen LogP contribution in [0, 0.1) is 5.92 Å². The zero-order valence-corrected chi connectivity index (χ0v) is 12.0. The van der Waals surface area contributed by atoms with Crippen molar-refractivity contribution in [2.75, 3.05) is 6.61 Å². The molecule has 0 aliphatic rings. The van der Waals surface area contributed by atoms with Crippen molar-refractivity contribution in [2.45, 2.75) is 20.3 Å². The fraction of sp³-hybridized carbons (Fsp3) is 0.312. The molecule has 0 amide bonds. The molecule has 1 unspecified atom stereocenters. The van der Waals surface area contributed by atoms with E-state index in [0.29, 0.717) is 11.2 Å². The minimum Gasteiger partial charge on any atom is -0.506 e. The molecule has 0 spiro atoms. The van der Waals surface area contributed by atoms with Crippen LogP contribution >= 0.6 is 0 Å². The number of esters is 1. The van der Waals surface area contributed by atoms with Crippen molar-refractivity contribution < 1.29 is 19.4 Å². The average Bonchev–Trinajstić information content (AvgIpc) is 2.45. The minimum absolute atomic E-state index is 0.0739. The first-order valence-corrected chi connectivity index (χ1v) is 6.77. The first kappa shape index (κ1) is 15.0. The van der Waals surface area contributed by atoms with Crippen LogP contribution in [0.25, 0.3) is 10.9 Å². The molecule has 1 heterocycles. The molecule has 0 aliphatic heterocycles. The Hall–Kier alpha value is -2.43. The van der Waals surface area contributed by atoms with Gasteiger partial charge in [-0.25, -0.2) is 4.98 Å². The number of hydrogen-bond acceptors (Lipinski definition) is 5. The van der Waals surface area contributed by atoms with Crippen LogP contribution in [0.3, 0.4) is 0 Å². The zero-order chi connectivity index (χ0) is 15.4. The Morgan fingerprint density at radius 1 is 1.29 bits per heavy atom. The third-order valence-electron chi connectivity index (χ3n) is 3.23. The second-order valence-electron chi connectivity index (χ2n) is 4.77. The van der Waals surface area contributed by atoms with E-state index in [-0.39, 0.29) is 24.6 Å². The number of phenolic OH excluding ortho intramolecular Hbond substituents is 1. The maximum atomic E-state index is 11.8. The quantitative estimate of drug-likeness (QED) is 0.674. The summed E-state index contributed by atoms with van der Waals surface area (Å²) in [5, 5.41) is 10.6. The van der Waals surface area contributed by atoms with E-state index in [2.05, 4.69) is 4.98 Å². The van der Waals surface area contributed by atoms with Crippen molar-refractivity contribution >= 4 is 22.7 Å². The number of ether oxygens (including phenoxy) is 1. The third kappa shape index (κ3) is 3.37. The molecule has 2 aromatic rings. The lowest BCUT2D eigenvalue weighted by molar-refractivity contribution is -0.151. The van der Waals surface area contributed by atoms with Crippen molar-refractivity contribution in [2.24, 2.45) is 5.92 Å². The summed E-state index contributed by atoms with van der Waals surface area (Å²) in [7, 11) is 0. The van der Waals surface area contributed by atoms with Gasteiger partial charge >= 0.3 is 5.97 Å². The molecule has 2 rings (SSSR count). The van der Waals surface area contributed by atoms with Crippen LogP contribution < -0.4 is 0 Å². The van der Waals surface area contributed by atoms with E-state index in [1.54, 1.807) is 31.2 Å². The number of nitrogens with zero attached hydrogens (tertiary/aromatic N) is 1. The zero-order valence-electron chi connectivity index (χ0n) is 12.0. The molecule has 0 saturated heterocycles. The molecular formula is C16H17NO4. The molecule has 0 radical (unpaired) electrons. The number of aromatic nitrogens is 1.